The molecule has 0 saturated heterocycles. The molecule has 1 aromatic carbocycles. The second-order valence-electron chi connectivity index (χ2n) is 6.11. The van der Waals surface area contributed by atoms with Crippen LogP contribution >= 0.6 is 0 Å². The molecule has 0 fully saturated rings. The molecule has 0 bridgehead atoms. The first-order valence-electron chi connectivity index (χ1n) is 6.92. The number of allylic oxidation sites excluding steroid dienone is 1. The van der Waals surface area contributed by atoms with E-state index in [1.165, 1.54) is 6.08 Å². The minimum Gasteiger partial charge on any atom is -0.458 e. The Morgan fingerprint density at radius 3 is 2.19 bits per heavy atom. The van der Waals surface area contributed by atoms with Crippen molar-refractivity contribution in [3.63, 3.8) is 0 Å². The monoisotopic (exact) mass is 289 g/mol. The van der Waals surface area contributed by atoms with Gasteiger partial charge in [0, 0.05) is 6.08 Å². The van der Waals surface area contributed by atoms with E-state index in [1.54, 1.807) is 32.9 Å². The maximum atomic E-state index is 12.3. The number of carbonyl (C=O) groups is 2. The molecule has 0 unspecified atom stereocenters. The lowest BCUT2D eigenvalue weighted by Gasteiger charge is -2.24. The zero-order chi connectivity index (χ0) is 16.0. The van der Waals surface area contributed by atoms with Crippen LogP contribution in [0, 0.1) is 0 Å². The number of amides is 1. The van der Waals surface area contributed by atoms with Gasteiger partial charge in [0.2, 0.25) is 5.91 Å². The average Bonchev–Trinajstić information content (AvgIpc) is 2.34. The summed E-state index contributed by atoms with van der Waals surface area (Å²) in [5.41, 5.74) is 0.955. The summed E-state index contributed by atoms with van der Waals surface area (Å²) < 4.78 is 5.39. The summed E-state index contributed by atoms with van der Waals surface area (Å²) >= 11 is 0. The predicted molar refractivity (Wildman–Crippen MR) is 82.6 cm³/mol. The molecule has 1 N–H and O–H groups in total. The molecule has 0 aliphatic heterocycles. The highest BCUT2D eigenvalue weighted by Gasteiger charge is 2.27. The Kier molecular flexibility index (Phi) is 5.70. The first-order valence-corrected chi connectivity index (χ1v) is 6.92. The minimum atomic E-state index is -0.812. The van der Waals surface area contributed by atoms with Crippen LogP contribution in [0.5, 0.6) is 0 Å². The van der Waals surface area contributed by atoms with Crippen molar-refractivity contribution in [1.82, 2.24) is 5.32 Å². The molecule has 0 heterocycles. The van der Waals surface area contributed by atoms with Crippen LogP contribution in [-0.2, 0) is 14.3 Å². The maximum Gasteiger partial charge on any atom is 0.333 e. The molecule has 0 aliphatic carbocycles. The number of rotatable bonds is 4. The van der Waals surface area contributed by atoms with Gasteiger partial charge in [-0.2, -0.15) is 0 Å². The van der Waals surface area contributed by atoms with Crippen molar-refractivity contribution in [3.05, 3.63) is 47.5 Å². The molecule has 4 heteroatoms. The SMILES string of the molecule is CC(C)=CC(=O)N[C@H](C(=O)OC(C)(C)C)c1ccccc1. The molecular weight excluding hydrogens is 266 g/mol. The zero-order valence-corrected chi connectivity index (χ0v) is 13.3. The van der Waals surface area contributed by atoms with Gasteiger partial charge in [-0.3, -0.25) is 4.79 Å². The molecule has 0 aliphatic rings. The van der Waals surface area contributed by atoms with Gasteiger partial charge >= 0.3 is 5.97 Å². The van der Waals surface area contributed by atoms with E-state index in [-0.39, 0.29) is 5.91 Å². The fourth-order valence-electron chi connectivity index (χ4n) is 1.73. The highest BCUT2D eigenvalue weighted by molar-refractivity contribution is 5.92. The summed E-state index contributed by atoms with van der Waals surface area (Å²) in [6, 6.07) is 8.26. The zero-order valence-electron chi connectivity index (χ0n) is 13.3. The first kappa shape index (κ1) is 17.0. The van der Waals surface area contributed by atoms with E-state index in [1.807, 2.05) is 32.0 Å². The van der Waals surface area contributed by atoms with Crippen LogP contribution in [0.25, 0.3) is 0 Å². The Bertz CT molecular complexity index is 523. The van der Waals surface area contributed by atoms with Gasteiger partial charge in [-0.1, -0.05) is 35.9 Å². The number of carbonyl (C=O) groups excluding carboxylic acids is 2. The van der Waals surface area contributed by atoms with Gasteiger partial charge in [-0.25, -0.2) is 4.79 Å². The Balaban J connectivity index is 2.98. The molecular formula is C17H23NO3. The Labute approximate surface area is 126 Å². The van der Waals surface area contributed by atoms with E-state index >= 15 is 0 Å². The Morgan fingerprint density at radius 1 is 1.14 bits per heavy atom. The Morgan fingerprint density at radius 2 is 1.71 bits per heavy atom. The van der Waals surface area contributed by atoms with Gasteiger partial charge in [0.05, 0.1) is 0 Å². The van der Waals surface area contributed by atoms with E-state index in [4.69, 9.17) is 4.74 Å². The van der Waals surface area contributed by atoms with Crippen LogP contribution in [0.1, 0.15) is 46.2 Å². The predicted octanol–water partition coefficient (Wildman–Crippen LogP) is 3.15. The normalized spacial score (nSPS) is 12.2. The lowest BCUT2D eigenvalue weighted by atomic mass is 10.1. The van der Waals surface area contributed by atoms with E-state index in [2.05, 4.69) is 5.32 Å². The van der Waals surface area contributed by atoms with E-state index < -0.39 is 17.6 Å². The number of hydrogen-bond donors (Lipinski definition) is 1. The molecule has 0 spiro atoms. The van der Waals surface area contributed by atoms with E-state index in [9.17, 15) is 9.59 Å². The molecule has 1 atom stereocenters. The van der Waals surface area contributed by atoms with Crippen molar-refractivity contribution >= 4 is 11.9 Å². The molecule has 1 amide bonds. The number of hydrogen-bond acceptors (Lipinski definition) is 3. The summed E-state index contributed by atoms with van der Waals surface area (Å²) in [6.45, 7) is 9.04. The third kappa shape index (κ3) is 6.25. The highest BCUT2D eigenvalue weighted by Crippen LogP contribution is 2.18. The topological polar surface area (TPSA) is 55.4 Å². The molecule has 21 heavy (non-hydrogen) atoms. The average molecular weight is 289 g/mol. The molecule has 1 aromatic rings. The van der Waals surface area contributed by atoms with Crippen LogP contribution in [0.15, 0.2) is 42.0 Å². The second kappa shape index (κ2) is 7.07. The summed E-state index contributed by atoms with van der Waals surface area (Å²) in [6.07, 6.45) is 1.46. The fraction of sp³-hybridized carbons (Fsp3) is 0.412. The number of esters is 1. The number of nitrogens with one attached hydrogen (secondary N) is 1. The smallest absolute Gasteiger partial charge is 0.333 e. The molecule has 0 saturated carbocycles. The summed E-state index contributed by atoms with van der Waals surface area (Å²) in [5, 5.41) is 2.70. The third-order valence-corrected chi connectivity index (χ3v) is 2.48. The van der Waals surface area contributed by atoms with Crippen molar-refractivity contribution < 1.29 is 14.3 Å². The lowest BCUT2D eigenvalue weighted by molar-refractivity contribution is -0.158. The van der Waals surface area contributed by atoms with Crippen LogP contribution in [0.2, 0.25) is 0 Å². The van der Waals surface area contributed by atoms with Crippen LogP contribution in [-0.4, -0.2) is 17.5 Å². The molecule has 0 radical (unpaired) electrons. The maximum absolute atomic E-state index is 12.3. The van der Waals surface area contributed by atoms with Crippen molar-refractivity contribution in [2.75, 3.05) is 0 Å². The summed E-state index contributed by atoms with van der Waals surface area (Å²) in [4.78, 5) is 24.2. The largest absolute Gasteiger partial charge is 0.458 e. The second-order valence-corrected chi connectivity index (χ2v) is 6.11. The van der Waals surface area contributed by atoms with Crippen LogP contribution < -0.4 is 5.32 Å². The Hall–Kier alpha value is -2.10. The minimum absolute atomic E-state index is 0.310. The highest BCUT2D eigenvalue weighted by atomic mass is 16.6. The number of benzene rings is 1. The summed E-state index contributed by atoms with van der Waals surface area (Å²) in [5.74, 6) is -0.779. The molecule has 0 aromatic heterocycles. The van der Waals surface area contributed by atoms with Gasteiger partial charge in [-0.05, 0) is 40.2 Å². The number of ether oxygens (including phenoxy) is 1. The van der Waals surface area contributed by atoms with Crippen molar-refractivity contribution in [1.29, 1.82) is 0 Å². The van der Waals surface area contributed by atoms with E-state index in [0.717, 1.165) is 5.57 Å². The van der Waals surface area contributed by atoms with Crippen LogP contribution in [0.3, 0.4) is 0 Å². The van der Waals surface area contributed by atoms with Crippen LogP contribution in [0.4, 0.5) is 0 Å². The van der Waals surface area contributed by atoms with Gasteiger partial charge in [0.1, 0.15) is 5.60 Å². The molecule has 114 valence electrons. The van der Waals surface area contributed by atoms with Gasteiger partial charge < -0.3 is 10.1 Å². The van der Waals surface area contributed by atoms with Gasteiger partial charge in [0.15, 0.2) is 6.04 Å². The molecule has 4 nitrogen and oxygen atoms in total. The van der Waals surface area contributed by atoms with Crippen molar-refractivity contribution in [2.45, 2.75) is 46.3 Å². The fourth-order valence-corrected chi connectivity index (χ4v) is 1.73. The quantitative estimate of drug-likeness (QED) is 0.684. The third-order valence-electron chi connectivity index (χ3n) is 2.48. The van der Waals surface area contributed by atoms with Gasteiger partial charge in [-0.15, -0.1) is 0 Å². The molecule has 1 rings (SSSR count). The lowest BCUT2D eigenvalue weighted by Crippen LogP contribution is -2.37. The standard InChI is InChI=1S/C17H23NO3/c1-12(2)11-14(19)18-15(13-9-7-6-8-10-13)16(20)21-17(3,4)5/h6-11,15H,1-5H3,(H,18,19)/t15-/m0/s1. The van der Waals surface area contributed by atoms with Crippen molar-refractivity contribution in [2.24, 2.45) is 0 Å². The summed E-state index contributed by atoms with van der Waals surface area (Å²) in [7, 11) is 0. The van der Waals surface area contributed by atoms with E-state index in [0.29, 0.717) is 5.56 Å². The van der Waals surface area contributed by atoms with Gasteiger partial charge in [0.25, 0.3) is 0 Å². The van der Waals surface area contributed by atoms with Crippen molar-refractivity contribution in [3.8, 4) is 0 Å². The first-order chi connectivity index (χ1) is 9.69.